The highest BCUT2D eigenvalue weighted by Crippen LogP contribution is 2.32. The van der Waals surface area contributed by atoms with E-state index in [0.29, 0.717) is 23.9 Å². The predicted octanol–water partition coefficient (Wildman–Crippen LogP) is 2.91. The topological polar surface area (TPSA) is 66.6 Å². The van der Waals surface area contributed by atoms with Crippen molar-refractivity contribution in [2.45, 2.75) is 30.7 Å². The number of rotatable bonds is 5. The van der Waals surface area contributed by atoms with Gasteiger partial charge >= 0.3 is 0 Å². The third-order valence-corrected chi connectivity index (χ3v) is 6.71. The Morgan fingerprint density at radius 3 is 2.31 bits per heavy atom. The van der Waals surface area contributed by atoms with Crippen molar-refractivity contribution in [2.24, 2.45) is 11.7 Å². The Balaban J connectivity index is 0.00000169. The van der Waals surface area contributed by atoms with Gasteiger partial charge in [-0.25, -0.2) is 8.42 Å². The molecule has 0 unspecified atom stereocenters. The van der Waals surface area contributed by atoms with Crippen molar-refractivity contribution in [1.82, 2.24) is 9.21 Å². The number of likely N-dealkylation sites (N-methyl/N-ethyl adjacent to an activating group) is 1. The lowest BCUT2D eigenvalue weighted by Crippen LogP contribution is -2.47. The zero-order chi connectivity index (χ0) is 17.3. The number of benzene rings is 1. The average molecular weight is 422 g/mol. The molecule has 1 aromatic carbocycles. The summed E-state index contributed by atoms with van der Waals surface area (Å²) in [6.07, 6.45) is 6.67. The molecule has 1 saturated carbocycles. The Morgan fingerprint density at radius 1 is 1.15 bits per heavy atom. The van der Waals surface area contributed by atoms with Gasteiger partial charge in [-0.1, -0.05) is 18.2 Å². The molecule has 2 N–H and O–H groups in total. The summed E-state index contributed by atoms with van der Waals surface area (Å²) in [5, 5.41) is 0. The number of hydrogen-bond donors (Lipinski definition) is 1. The van der Waals surface area contributed by atoms with E-state index in [2.05, 4.69) is 11.0 Å². The molecule has 0 bridgehead atoms. The summed E-state index contributed by atoms with van der Waals surface area (Å²) in [6.45, 7) is 4.55. The Morgan fingerprint density at radius 2 is 1.77 bits per heavy atom. The van der Waals surface area contributed by atoms with E-state index in [4.69, 9.17) is 5.73 Å². The molecule has 2 fully saturated rings. The molecule has 5 nitrogen and oxygen atoms in total. The molecule has 148 valence electrons. The van der Waals surface area contributed by atoms with E-state index in [1.54, 1.807) is 16.4 Å². The van der Waals surface area contributed by atoms with Crippen LogP contribution in [0.5, 0.6) is 0 Å². The van der Waals surface area contributed by atoms with Gasteiger partial charge in [0.05, 0.1) is 4.90 Å². The number of piperazine rings is 1. The van der Waals surface area contributed by atoms with Crippen LogP contribution in [0.3, 0.4) is 0 Å². The van der Waals surface area contributed by atoms with Crippen LogP contribution >= 0.6 is 24.8 Å². The summed E-state index contributed by atoms with van der Waals surface area (Å²) < 4.78 is 27.4. The fourth-order valence-corrected chi connectivity index (χ4v) is 4.44. The molecule has 8 heteroatoms. The van der Waals surface area contributed by atoms with Crippen LogP contribution in [0.25, 0.3) is 6.08 Å². The molecule has 0 spiro atoms. The molecule has 2 aliphatic rings. The van der Waals surface area contributed by atoms with Crippen molar-refractivity contribution in [3.05, 3.63) is 35.4 Å². The zero-order valence-electron chi connectivity index (χ0n) is 15.3. The lowest BCUT2D eigenvalue weighted by Gasteiger charge is -2.31. The molecule has 0 radical (unpaired) electrons. The normalized spacial score (nSPS) is 20.4. The average Bonchev–Trinajstić information content (AvgIpc) is 3.37. The number of sulfonamides is 1. The van der Waals surface area contributed by atoms with Crippen LogP contribution < -0.4 is 5.73 Å². The summed E-state index contributed by atoms with van der Waals surface area (Å²) in [5.41, 5.74) is 7.97. The summed E-state index contributed by atoms with van der Waals surface area (Å²) in [6, 6.07) is 5.22. The van der Waals surface area contributed by atoms with Crippen molar-refractivity contribution in [2.75, 3.05) is 33.2 Å². The third-order valence-electron chi connectivity index (χ3n) is 4.82. The lowest BCUT2D eigenvalue weighted by atomic mass is 10.0. The number of nitrogens with two attached hydrogens (primary N) is 1. The van der Waals surface area contributed by atoms with Crippen molar-refractivity contribution < 1.29 is 8.42 Å². The first-order chi connectivity index (χ1) is 11.4. The van der Waals surface area contributed by atoms with Crippen LogP contribution in [0.15, 0.2) is 29.2 Å². The van der Waals surface area contributed by atoms with Gasteiger partial charge in [-0.2, -0.15) is 4.31 Å². The second-order valence-corrected chi connectivity index (χ2v) is 8.92. The molecule has 1 heterocycles. The highest BCUT2D eigenvalue weighted by Gasteiger charge is 2.28. The van der Waals surface area contributed by atoms with Gasteiger partial charge in [-0.3, -0.25) is 0 Å². The van der Waals surface area contributed by atoms with E-state index in [1.165, 1.54) is 12.8 Å². The number of nitrogens with zero attached hydrogens (tertiary/aromatic N) is 2. The Hall–Kier alpha value is -0.630. The lowest BCUT2D eigenvalue weighted by molar-refractivity contribution is 0.222. The maximum atomic E-state index is 12.9. The minimum atomic E-state index is -3.44. The largest absolute Gasteiger partial charge is 0.324 e. The molecular weight excluding hydrogens is 393 g/mol. The number of halogens is 2. The van der Waals surface area contributed by atoms with Crippen molar-refractivity contribution in [3.8, 4) is 0 Å². The molecule has 1 aromatic rings. The quantitative estimate of drug-likeness (QED) is 0.793. The van der Waals surface area contributed by atoms with E-state index in [1.807, 2.05) is 26.1 Å². The monoisotopic (exact) mass is 421 g/mol. The van der Waals surface area contributed by atoms with Gasteiger partial charge in [0, 0.05) is 32.2 Å². The van der Waals surface area contributed by atoms with E-state index >= 15 is 0 Å². The molecule has 1 aliphatic heterocycles. The molecule has 0 aromatic heterocycles. The van der Waals surface area contributed by atoms with Crippen LogP contribution in [0.4, 0.5) is 0 Å². The van der Waals surface area contributed by atoms with E-state index in [9.17, 15) is 8.42 Å². The summed E-state index contributed by atoms with van der Waals surface area (Å²) in [4.78, 5) is 2.52. The first kappa shape index (κ1) is 23.4. The van der Waals surface area contributed by atoms with Crippen LogP contribution in [0, 0.1) is 5.92 Å². The zero-order valence-corrected chi connectivity index (χ0v) is 17.7. The van der Waals surface area contributed by atoms with Crippen LogP contribution in [-0.2, 0) is 10.0 Å². The molecule has 1 saturated heterocycles. The fraction of sp³-hybridized carbons (Fsp3) is 0.556. The Labute approximate surface area is 169 Å². The smallest absolute Gasteiger partial charge is 0.243 e. The SMILES string of the molecule is C[C@@H](N)c1ccc(S(=O)(=O)N2CCN(C)CC2)cc1/C=C/C1CC1.Cl.Cl. The van der Waals surface area contributed by atoms with Crippen LogP contribution in [-0.4, -0.2) is 50.8 Å². The molecular formula is C18H29Cl2N3O2S. The van der Waals surface area contributed by atoms with Gasteiger partial charge in [0.15, 0.2) is 0 Å². The van der Waals surface area contributed by atoms with E-state index in [0.717, 1.165) is 24.2 Å². The summed E-state index contributed by atoms with van der Waals surface area (Å²) >= 11 is 0. The second-order valence-electron chi connectivity index (χ2n) is 6.98. The molecule has 1 atom stereocenters. The highest BCUT2D eigenvalue weighted by molar-refractivity contribution is 7.89. The predicted molar refractivity (Wildman–Crippen MR) is 112 cm³/mol. The molecule has 1 aliphatic carbocycles. The van der Waals surface area contributed by atoms with E-state index in [-0.39, 0.29) is 30.9 Å². The van der Waals surface area contributed by atoms with Gasteiger partial charge in [-0.15, -0.1) is 24.8 Å². The van der Waals surface area contributed by atoms with Crippen molar-refractivity contribution in [1.29, 1.82) is 0 Å². The molecule has 0 amide bonds. The molecule has 26 heavy (non-hydrogen) atoms. The minimum Gasteiger partial charge on any atom is -0.324 e. The third kappa shape index (κ3) is 5.44. The second kappa shape index (κ2) is 9.53. The van der Waals surface area contributed by atoms with Gasteiger partial charge in [0.1, 0.15) is 0 Å². The van der Waals surface area contributed by atoms with Gasteiger partial charge < -0.3 is 10.6 Å². The fourth-order valence-electron chi connectivity index (χ4n) is 2.98. The number of allylic oxidation sites excluding steroid dienone is 1. The Bertz CT molecular complexity index is 726. The van der Waals surface area contributed by atoms with Crippen molar-refractivity contribution in [3.63, 3.8) is 0 Å². The summed E-state index contributed by atoms with van der Waals surface area (Å²) in [5.74, 6) is 0.642. The first-order valence-corrected chi connectivity index (χ1v) is 10.1. The summed E-state index contributed by atoms with van der Waals surface area (Å²) in [7, 11) is -1.43. The molecule has 3 rings (SSSR count). The maximum Gasteiger partial charge on any atom is 0.243 e. The van der Waals surface area contributed by atoms with Gasteiger partial charge in [0.2, 0.25) is 10.0 Å². The van der Waals surface area contributed by atoms with Gasteiger partial charge in [0.25, 0.3) is 0 Å². The van der Waals surface area contributed by atoms with Crippen LogP contribution in [0.2, 0.25) is 0 Å². The van der Waals surface area contributed by atoms with E-state index < -0.39 is 10.0 Å². The van der Waals surface area contributed by atoms with Crippen LogP contribution in [0.1, 0.15) is 36.9 Å². The van der Waals surface area contributed by atoms with Gasteiger partial charge in [-0.05, 0) is 56.0 Å². The maximum absolute atomic E-state index is 12.9. The Kier molecular flexibility index (Phi) is 8.58. The number of hydrogen-bond acceptors (Lipinski definition) is 4. The van der Waals surface area contributed by atoms with Crippen molar-refractivity contribution >= 4 is 40.9 Å². The standard InChI is InChI=1S/C18H27N3O2S.2ClH/c1-14(19)18-8-7-17(13-16(18)6-5-15-3-4-15)24(22,23)21-11-9-20(2)10-12-21;;/h5-8,13-15H,3-4,9-12,19H2,1-2H3;2*1H/b6-5+;;/t14-;;/m1../s1. The minimum absolute atomic E-state index is 0. The highest BCUT2D eigenvalue weighted by atomic mass is 35.5. The first-order valence-electron chi connectivity index (χ1n) is 8.64.